The third kappa shape index (κ3) is 2.72. The van der Waals surface area contributed by atoms with Crippen LogP contribution in [-0.4, -0.2) is 4.98 Å². The highest BCUT2D eigenvalue weighted by Gasteiger charge is 2.13. The van der Waals surface area contributed by atoms with E-state index in [1.165, 1.54) is 21.2 Å². The highest BCUT2D eigenvalue weighted by Crippen LogP contribution is 2.36. The Morgan fingerprint density at radius 1 is 1.21 bits per heavy atom. The van der Waals surface area contributed by atoms with Crippen LogP contribution in [-0.2, 0) is 6.42 Å². The Kier molecular flexibility index (Phi) is 3.67. The Bertz CT molecular complexity index is 687. The summed E-state index contributed by atoms with van der Waals surface area (Å²) in [5, 5.41) is 3.60. The van der Waals surface area contributed by atoms with E-state index in [0.29, 0.717) is 4.83 Å². The first-order valence-electron chi connectivity index (χ1n) is 6.26. The van der Waals surface area contributed by atoms with Crippen molar-refractivity contribution in [3.63, 3.8) is 0 Å². The van der Waals surface area contributed by atoms with E-state index in [2.05, 4.69) is 69.6 Å². The molecule has 0 spiro atoms. The molecule has 0 N–H and O–H groups in total. The van der Waals surface area contributed by atoms with Crippen LogP contribution in [0.4, 0.5) is 0 Å². The Labute approximate surface area is 125 Å². The zero-order chi connectivity index (χ0) is 13.2. The van der Waals surface area contributed by atoms with Gasteiger partial charge >= 0.3 is 0 Å². The number of hydrogen-bond donors (Lipinski definition) is 0. The van der Waals surface area contributed by atoms with Gasteiger partial charge in [0.15, 0.2) is 0 Å². The van der Waals surface area contributed by atoms with Crippen molar-refractivity contribution < 1.29 is 0 Å². The zero-order valence-corrected chi connectivity index (χ0v) is 13.0. The number of aromatic nitrogens is 1. The molecule has 0 aliphatic rings. The van der Waals surface area contributed by atoms with E-state index in [-0.39, 0.29) is 0 Å². The minimum Gasteiger partial charge on any atom is -0.261 e. The number of nitrogens with zero attached hydrogens (tertiary/aromatic N) is 1. The van der Waals surface area contributed by atoms with Crippen molar-refractivity contribution in [1.29, 1.82) is 0 Å². The van der Waals surface area contributed by atoms with E-state index in [1.807, 2.05) is 6.20 Å². The first-order chi connectivity index (χ1) is 9.24. The second-order valence-corrected chi connectivity index (χ2v) is 6.70. The summed E-state index contributed by atoms with van der Waals surface area (Å²) in [5.41, 5.74) is 3.70. The Hall–Kier alpha value is -1.19. The largest absolute Gasteiger partial charge is 0.261 e. The van der Waals surface area contributed by atoms with Crippen molar-refractivity contribution in [2.75, 3.05) is 0 Å². The van der Waals surface area contributed by atoms with Crippen LogP contribution in [0.5, 0.6) is 0 Å². The molecular weight excluding hydrogens is 318 g/mol. The number of fused-ring (bicyclic) bond motifs is 1. The third-order valence-corrected chi connectivity index (χ3v) is 5.01. The summed E-state index contributed by atoms with van der Waals surface area (Å²) >= 11 is 5.61. The molecule has 19 heavy (non-hydrogen) atoms. The first-order valence-corrected chi connectivity index (χ1v) is 8.05. The van der Waals surface area contributed by atoms with Crippen molar-refractivity contribution in [1.82, 2.24) is 4.98 Å². The maximum atomic E-state index is 4.48. The Morgan fingerprint density at radius 3 is 2.84 bits per heavy atom. The number of halogens is 1. The van der Waals surface area contributed by atoms with Crippen molar-refractivity contribution in [3.05, 3.63) is 64.8 Å². The first kappa shape index (κ1) is 12.8. The van der Waals surface area contributed by atoms with E-state index >= 15 is 0 Å². The van der Waals surface area contributed by atoms with Crippen molar-refractivity contribution in [3.8, 4) is 0 Å². The molecule has 3 rings (SSSR count). The average Bonchev–Trinajstić information content (AvgIpc) is 2.85. The molecule has 0 aliphatic carbocycles. The van der Waals surface area contributed by atoms with Gasteiger partial charge in [0.2, 0.25) is 0 Å². The molecule has 0 fully saturated rings. The second-order valence-electron chi connectivity index (χ2n) is 4.69. The van der Waals surface area contributed by atoms with Gasteiger partial charge in [0.05, 0.1) is 0 Å². The fourth-order valence-electron chi connectivity index (χ4n) is 2.15. The van der Waals surface area contributed by atoms with Gasteiger partial charge < -0.3 is 0 Å². The fourth-order valence-corrected chi connectivity index (χ4v) is 4.05. The molecule has 1 aromatic carbocycles. The van der Waals surface area contributed by atoms with Gasteiger partial charge in [0.1, 0.15) is 0 Å². The predicted molar refractivity (Wildman–Crippen MR) is 86.2 cm³/mol. The molecule has 1 atom stereocenters. The van der Waals surface area contributed by atoms with E-state index in [1.54, 1.807) is 11.3 Å². The molecule has 3 aromatic rings. The Morgan fingerprint density at radius 2 is 2.05 bits per heavy atom. The lowest BCUT2D eigenvalue weighted by Crippen LogP contribution is -1.97. The molecule has 1 unspecified atom stereocenters. The Balaban J connectivity index is 1.87. The summed E-state index contributed by atoms with van der Waals surface area (Å²) < 4.78 is 1.35. The number of pyridine rings is 1. The monoisotopic (exact) mass is 331 g/mol. The topological polar surface area (TPSA) is 12.9 Å². The molecule has 0 bridgehead atoms. The van der Waals surface area contributed by atoms with Crippen LogP contribution < -0.4 is 0 Å². The van der Waals surface area contributed by atoms with Gasteiger partial charge in [-0.3, -0.25) is 4.98 Å². The highest BCUT2D eigenvalue weighted by atomic mass is 79.9. The van der Waals surface area contributed by atoms with Gasteiger partial charge in [-0.2, -0.15) is 0 Å². The maximum Gasteiger partial charge on any atom is 0.0465 e. The molecule has 0 radical (unpaired) electrons. The van der Waals surface area contributed by atoms with Crippen LogP contribution in [0.25, 0.3) is 10.1 Å². The van der Waals surface area contributed by atoms with Crippen LogP contribution in [0.3, 0.4) is 0 Å². The lowest BCUT2D eigenvalue weighted by Gasteiger charge is -2.09. The SMILES string of the molecule is Cc1ccc(CC(Br)c2csc3ccccc23)nc1. The van der Waals surface area contributed by atoms with Crippen LogP contribution in [0.15, 0.2) is 48.0 Å². The number of alkyl halides is 1. The lowest BCUT2D eigenvalue weighted by molar-refractivity contribution is 0.911. The number of hydrogen-bond acceptors (Lipinski definition) is 2. The molecule has 96 valence electrons. The molecule has 0 aliphatic heterocycles. The van der Waals surface area contributed by atoms with E-state index in [0.717, 1.165) is 12.1 Å². The highest BCUT2D eigenvalue weighted by molar-refractivity contribution is 9.09. The maximum absolute atomic E-state index is 4.48. The molecule has 2 aromatic heterocycles. The molecule has 0 amide bonds. The zero-order valence-electron chi connectivity index (χ0n) is 10.6. The number of rotatable bonds is 3. The van der Waals surface area contributed by atoms with E-state index in [4.69, 9.17) is 0 Å². The normalized spacial score (nSPS) is 12.7. The summed E-state index contributed by atoms with van der Waals surface area (Å²) in [4.78, 5) is 4.80. The van der Waals surface area contributed by atoms with Gasteiger partial charge in [0.25, 0.3) is 0 Å². The van der Waals surface area contributed by atoms with Gasteiger partial charge in [0, 0.05) is 27.8 Å². The predicted octanol–water partition coefficient (Wildman–Crippen LogP) is 5.28. The van der Waals surface area contributed by atoms with Crippen molar-refractivity contribution in [2.45, 2.75) is 18.2 Å². The second kappa shape index (κ2) is 5.43. The summed E-state index contributed by atoms with van der Waals surface area (Å²) in [6, 6.07) is 12.8. The van der Waals surface area contributed by atoms with E-state index in [9.17, 15) is 0 Å². The molecule has 0 saturated heterocycles. The lowest BCUT2D eigenvalue weighted by atomic mass is 10.1. The van der Waals surface area contributed by atoms with Crippen molar-refractivity contribution in [2.24, 2.45) is 0 Å². The van der Waals surface area contributed by atoms with Gasteiger partial charge in [-0.15, -0.1) is 11.3 Å². The van der Waals surface area contributed by atoms with E-state index < -0.39 is 0 Å². The van der Waals surface area contributed by atoms with Crippen molar-refractivity contribution >= 4 is 37.4 Å². The summed E-state index contributed by atoms with van der Waals surface area (Å²) in [6.07, 6.45) is 2.85. The summed E-state index contributed by atoms with van der Waals surface area (Å²) in [7, 11) is 0. The average molecular weight is 332 g/mol. The van der Waals surface area contributed by atoms with Crippen LogP contribution in [0.2, 0.25) is 0 Å². The summed E-state index contributed by atoms with van der Waals surface area (Å²) in [5.74, 6) is 0. The number of aryl methyl sites for hydroxylation is 1. The standard InChI is InChI=1S/C16H14BrNS/c1-11-6-7-12(18-9-11)8-15(17)14-10-19-16-5-3-2-4-13(14)16/h2-7,9-10,15H,8H2,1H3. The quantitative estimate of drug-likeness (QED) is 0.594. The number of thiophene rings is 1. The van der Waals surface area contributed by atoms with Crippen LogP contribution in [0.1, 0.15) is 21.6 Å². The molecular formula is C16H14BrNS. The van der Waals surface area contributed by atoms with Crippen LogP contribution in [0, 0.1) is 6.92 Å². The van der Waals surface area contributed by atoms with Gasteiger partial charge in [-0.25, -0.2) is 0 Å². The minimum atomic E-state index is 0.318. The minimum absolute atomic E-state index is 0.318. The summed E-state index contributed by atoms with van der Waals surface area (Å²) in [6.45, 7) is 2.06. The molecule has 0 saturated carbocycles. The molecule has 2 heterocycles. The van der Waals surface area contributed by atoms with Crippen LogP contribution >= 0.6 is 27.3 Å². The van der Waals surface area contributed by atoms with Gasteiger partial charge in [-0.1, -0.05) is 40.2 Å². The fraction of sp³-hybridized carbons (Fsp3) is 0.188. The smallest absolute Gasteiger partial charge is 0.0465 e. The molecule has 1 nitrogen and oxygen atoms in total. The molecule has 3 heteroatoms. The number of benzene rings is 1. The third-order valence-electron chi connectivity index (χ3n) is 3.21. The van der Waals surface area contributed by atoms with Gasteiger partial charge in [-0.05, 0) is 40.9 Å².